The molecular formula is C15H19Cl3N3O3+. The smallest absolute Gasteiger partial charge is 0.269 e. The summed E-state index contributed by atoms with van der Waals surface area (Å²) in [7, 11) is 0. The van der Waals surface area contributed by atoms with Gasteiger partial charge in [-0.25, -0.2) is 0 Å². The van der Waals surface area contributed by atoms with Gasteiger partial charge in [-0.1, -0.05) is 34.8 Å². The van der Waals surface area contributed by atoms with Crippen molar-refractivity contribution in [3.63, 3.8) is 0 Å². The summed E-state index contributed by atoms with van der Waals surface area (Å²) in [5, 5.41) is 13.5. The Bertz CT molecular complexity index is 582. The van der Waals surface area contributed by atoms with Crippen molar-refractivity contribution in [3.05, 3.63) is 39.9 Å². The van der Waals surface area contributed by atoms with Gasteiger partial charge < -0.3 is 4.90 Å². The minimum absolute atomic E-state index is 0.0809. The first kappa shape index (κ1) is 19.2. The first-order valence-corrected chi connectivity index (χ1v) is 8.89. The molecule has 0 bridgehead atoms. The molecule has 0 saturated carbocycles. The molecule has 1 amide bonds. The topological polar surface area (TPSA) is 76.7 Å². The molecule has 1 fully saturated rings. The number of carbonyl (C=O) groups excluding carboxylic acids is 1. The van der Waals surface area contributed by atoms with Gasteiger partial charge in [-0.2, -0.15) is 0 Å². The molecule has 1 aromatic rings. The van der Waals surface area contributed by atoms with Gasteiger partial charge in [0.15, 0.2) is 0 Å². The Balaban J connectivity index is 2.13. The van der Waals surface area contributed by atoms with Crippen LogP contribution in [0.2, 0.25) is 0 Å². The predicted molar refractivity (Wildman–Crippen MR) is 93.8 cm³/mol. The van der Waals surface area contributed by atoms with Gasteiger partial charge in [-0.3, -0.25) is 20.2 Å². The maximum absolute atomic E-state index is 12.4. The molecule has 1 aliphatic rings. The second kappa shape index (κ2) is 8.34. The molecule has 0 aromatic heterocycles. The Morgan fingerprint density at radius 3 is 2.12 bits per heavy atom. The van der Waals surface area contributed by atoms with Gasteiger partial charge in [0.25, 0.3) is 15.4 Å². The summed E-state index contributed by atoms with van der Waals surface area (Å²) in [5.41, 5.74) is 0.205. The van der Waals surface area contributed by atoms with Crippen LogP contribution in [-0.2, 0) is 0 Å². The van der Waals surface area contributed by atoms with E-state index in [0.29, 0.717) is 0 Å². The summed E-state index contributed by atoms with van der Waals surface area (Å²) < 4.78 is -1.64. The number of nitro groups is 1. The molecular weight excluding hydrogens is 377 g/mol. The maximum Gasteiger partial charge on any atom is 0.269 e. The average molecular weight is 396 g/mol. The summed E-state index contributed by atoms with van der Waals surface area (Å²) >= 11 is 18.3. The SMILES string of the molecule is O=C(N[C@@H]([NH+]1CCCCCC1)C(Cl)(Cl)Cl)c1ccc([N+](=O)[O-])cc1. The van der Waals surface area contributed by atoms with E-state index in [1.54, 1.807) is 0 Å². The van der Waals surface area contributed by atoms with E-state index in [0.717, 1.165) is 43.7 Å². The monoisotopic (exact) mass is 394 g/mol. The van der Waals surface area contributed by atoms with Crippen molar-refractivity contribution in [3.8, 4) is 0 Å². The van der Waals surface area contributed by atoms with Crippen LogP contribution in [0.3, 0.4) is 0 Å². The summed E-state index contributed by atoms with van der Waals surface area (Å²) in [6, 6.07) is 5.33. The van der Waals surface area contributed by atoms with E-state index in [1.165, 1.54) is 24.3 Å². The summed E-state index contributed by atoms with van der Waals surface area (Å²) in [5.74, 6) is -0.419. The minimum Gasteiger partial charge on any atom is -0.312 e. The quantitative estimate of drug-likeness (QED) is 0.467. The van der Waals surface area contributed by atoms with E-state index >= 15 is 0 Å². The molecule has 0 unspecified atom stereocenters. The van der Waals surface area contributed by atoms with Crippen LogP contribution in [0, 0.1) is 10.1 Å². The highest BCUT2D eigenvalue weighted by molar-refractivity contribution is 6.68. The van der Waals surface area contributed by atoms with Gasteiger partial charge >= 0.3 is 0 Å². The minimum atomic E-state index is -1.64. The number of carbonyl (C=O) groups is 1. The summed E-state index contributed by atoms with van der Waals surface area (Å²) in [6.45, 7) is 1.64. The van der Waals surface area contributed by atoms with Gasteiger partial charge in [0, 0.05) is 17.7 Å². The number of nitrogens with zero attached hydrogens (tertiary/aromatic N) is 1. The summed E-state index contributed by atoms with van der Waals surface area (Å²) in [6.07, 6.45) is 3.61. The number of hydrogen-bond acceptors (Lipinski definition) is 3. The molecule has 1 saturated heterocycles. The van der Waals surface area contributed by atoms with E-state index in [9.17, 15) is 14.9 Å². The fourth-order valence-electron chi connectivity index (χ4n) is 2.84. The molecule has 1 heterocycles. The van der Waals surface area contributed by atoms with Crippen LogP contribution in [0.1, 0.15) is 36.0 Å². The van der Waals surface area contributed by atoms with Crippen molar-refractivity contribution in [1.82, 2.24) is 5.32 Å². The number of halogens is 3. The van der Waals surface area contributed by atoms with Crippen molar-refractivity contribution < 1.29 is 14.6 Å². The number of rotatable bonds is 4. The molecule has 6 nitrogen and oxygen atoms in total. The number of quaternary nitrogens is 1. The number of amides is 1. The van der Waals surface area contributed by atoms with E-state index in [2.05, 4.69) is 5.32 Å². The molecule has 1 aliphatic heterocycles. The lowest BCUT2D eigenvalue weighted by atomic mass is 10.2. The number of likely N-dealkylation sites (tertiary alicyclic amines) is 1. The molecule has 0 spiro atoms. The molecule has 9 heteroatoms. The number of non-ortho nitro benzene ring substituents is 1. The van der Waals surface area contributed by atoms with Crippen molar-refractivity contribution in [2.75, 3.05) is 13.1 Å². The third-order valence-electron chi connectivity index (χ3n) is 4.10. The first-order valence-electron chi connectivity index (χ1n) is 7.75. The standard InChI is InChI=1S/C15H18Cl3N3O3/c16-15(17,18)14(20-9-3-1-2-4-10-20)19-13(22)11-5-7-12(8-6-11)21(23)24/h5-8,14H,1-4,9-10H2,(H,19,22)/p+1/t14-/m0/s1. The largest absolute Gasteiger partial charge is 0.312 e. The van der Waals surface area contributed by atoms with Crippen molar-refractivity contribution in [2.24, 2.45) is 0 Å². The van der Waals surface area contributed by atoms with Gasteiger partial charge in [0.05, 0.1) is 18.0 Å². The maximum atomic E-state index is 12.4. The van der Waals surface area contributed by atoms with Gasteiger partial charge in [-0.05, 0) is 37.8 Å². The number of nitrogens with one attached hydrogen (secondary N) is 2. The van der Waals surface area contributed by atoms with Crippen LogP contribution in [0.15, 0.2) is 24.3 Å². The zero-order valence-corrected chi connectivity index (χ0v) is 15.2. The summed E-state index contributed by atoms with van der Waals surface area (Å²) in [4.78, 5) is 23.6. The Morgan fingerprint density at radius 1 is 1.12 bits per heavy atom. The molecule has 0 aliphatic carbocycles. The number of benzene rings is 1. The molecule has 2 rings (SSSR count). The van der Waals surface area contributed by atoms with Crippen molar-refractivity contribution >= 4 is 46.4 Å². The molecule has 2 N–H and O–H groups in total. The normalized spacial score (nSPS) is 17.8. The highest BCUT2D eigenvalue weighted by atomic mass is 35.6. The Labute approximate surface area is 155 Å². The van der Waals surface area contributed by atoms with Crippen LogP contribution in [0.5, 0.6) is 0 Å². The van der Waals surface area contributed by atoms with Crippen molar-refractivity contribution in [1.29, 1.82) is 0 Å². The zero-order valence-electron chi connectivity index (χ0n) is 12.9. The lowest BCUT2D eigenvalue weighted by molar-refractivity contribution is -0.926. The van der Waals surface area contributed by atoms with Gasteiger partial charge in [-0.15, -0.1) is 0 Å². The van der Waals surface area contributed by atoms with Crippen LogP contribution < -0.4 is 10.2 Å². The third kappa shape index (κ3) is 5.21. The van der Waals surface area contributed by atoms with Gasteiger partial charge in [0.1, 0.15) is 0 Å². The van der Waals surface area contributed by atoms with E-state index < -0.39 is 20.8 Å². The second-order valence-corrected chi connectivity index (χ2v) is 8.19. The van der Waals surface area contributed by atoms with Crippen LogP contribution in [-0.4, -0.2) is 33.9 Å². The van der Waals surface area contributed by atoms with Crippen LogP contribution >= 0.6 is 34.8 Å². The number of alkyl halides is 3. The van der Waals surface area contributed by atoms with E-state index in [1.807, 2.05) is 0 Å². The van der Waals surface area contributed by atoms with E-state index in [4.69, 9.17) is 34.8 Å². The Kier molecular flexibility index (Phi) is 6.69. The average Bonchev–Trinajstić information content (AvgIpc) is 2.80. The zero-order chi connectivity index (χ0) is 17.7. The molecule has 24 heavy (non-hydrogen) atoms. The number of nitro benzene ring substituents is 1. The Hall–Kier alpha value is -1.08. The third-order valence-corrected chi connectivity index (χ3v) is 4.75. The fraction of sp³-hybridized carbons (Fsp3) is 0.533. The van der Waals surface area contributed by atoms with Gasteiger partial charge in [0.2, 0.25) is 6.17 Å². The fourth-order valence-corrected chi connectivity index (χ4v) is 3.46. The van der Waals surface area contributed by atoms with Crippen LogP contribution in [0.4, 0.5) is 5.69 Å². The molecule has 1 atom stereocenters. The second-order valence-electron chi connectivity index (χ2n) is 5.82. The highest BCUT2D eigenvalue weighted by Gasteiger charge is 2.42. The first-order chi connectivity index (χ1) is 11.3. The lowest BCUT2D eigenvalue weighted by Gasteiger charge is -2.32. The lowest BCUT2D eigenvalue weighted by Crippen LogP contribution is -3.19. The molecule has 132 valence electrons. The van der Waals surface area contributed by atoms with E-state index in [-0.39, 0.29) is 11.3 Å². The van der Waals surface area contributed by atoms with Crippen molar-refractivity contribution in [2.45, 2.75) is 35.6 Å². The van der Waals surface area contributed by atoms with Crippen LogP contribution in [0.25, 0.3) is 0 Å². The molecule has 0 radical (unpaired) electrons. The highest BCUT2D eigenvalue weighted by Crippen LogP contribution is 2.28. The number of hydrogen-bond donors (Lipinski definition) is 2. The predicted octanol–water partition coefficient (Wildman–Crippen LogP) is 2.48. The molecule has 1 aromatic carbocycles. The Morgan fingerprint density at radius 2 is 1.67 bits per heavy atom.